The van der Waals surface area contributed by atoms with Gasteiger partial charge in [-0.3, -0.25) is 4.79 Å². The minimum Gasteiger partial charge on any atom is -0.322 e. The maximum Gasteiger partial charge on any atom is 0.244 e. The van der Waals surface area contributed by atoms with E-state index in [0.717, 1.165) is 5.69 Å². The fourth-order valence-electron chi connectivity index (χ4n) is 0.906. The molecule has 0 aliphatic rings. The van der Waals surface area contributed by atoms with Gasteiger partial charge in [-0.2, -0.15) is 0 Å². The Balaban J connectivity index is 2.80. The molecule has 0 saturated heterocycles. The van der Waals surface area contributed by atoms with Crippen molar-refractivity contribution < 1.29 is 4.79 Å². The molecular weight excluding hydrogens is 192 g/mol. The normalized spacial score (nSPS) is 11.2. The lowest BCUT2D eigenvalue weighted by Gasteiger charge is -2.22. The minimum atomic E-state index is -0.609. The first kappa shape index (κ1) is 11.6. The summed E-state index contributed by atoms with van der Waals surface area (Å²) in [6.45, 7) is 5.44. The lowest BCUT2D eigenvalue weighted by Crippen LogP contribution is -2.48. The monoisotopic (exact) mass is 208 g/mol. The first-order chi connectivity index (χ1) is 6.97. The molecule has 0 bridgehead atoms. The Morgan fingerprint density at radius 3 is 2.67 bits per heavy atom. The molecule has 5 nitrogen and oxygen atoms in total. The van der Waals surface area contributed by atoms with Crippen molar-refractivity contribution in [1.82, 2.24) is 15.3 Å². The second kappa shape index (κ2) is 4.35. The Hall–Kier alpha value is -1.49. The van der Waals surface area contributed by atoms with E-state index in [0.29, 0.717) is 5.69 Å². The predicted octanol–water partition coefficient (Wildman–Crippen LogP) is 0.722. The highest BCUT2D eigenvalue weighted by atomic mass is 16.2. The number of aromatic nitrogens is 2. The number of hydrogen-bond acceptors (Lipinski definition) is 4. The molecule has 1 heterocycles. The Morgan fingerprint density at radius 2 is 2.13 bits per heavy atom. The number of carbonyl (C=O) groups is 1. The zero-order chi connectivity index (χ0) is 11.5. The summed E-state index contributed by atoms with van der Waals surface area (Å²) in [6.07, 6.45) is 3.04. The van der Waals surface area contributed by atoms with Crippen molar-refractivity contribution in [1.29, 1.82) is 0 Å². The molecule has 1 aromatic rings. The molecule has 0 aliphatic carbocycles. The second-order valence-electron chi connectivity index (χ2n) is 3.85. The van der Waals surface area contributed by atoms with E-state index in [2.05, 4.69) is 20.6 Å². The molecule has 0 spiro atoms. The zero-order valence-electron chi connectivity index (χ0n) is 9.46. The van der Waals surface area contributed by atoms with E-state index in [1.807, 2.05) is 20.8 Å². The molecule has 0 saturated carbocycles. The molecule has 1 amide bonds. The maximum absolute atomic E-state index is 11.8. The summed E-state index contributed by atoms with van der Waals surface area (Å²) in [6, 6.07) is 0. The van der Waals surface area contributed by atoms with E-state index < -0.39 is 5.54 Å². The number of anilines is 1. The van der Waals surface area contributed by atoms with Crippen molar-refractivity contribution in [2.24, 2.45) is 0 Å². The first-order valence-electron chi connectivity index (χ1n) is 4.74. The smallest absolute Gasteiger partial charge is 0.244 e. The average molecular weight is 208 g/mol. The number of rotatable bonds is 3. The van der Waals surface area contributed by atoms with Crippen LogP contribution in [0.2, 0.25) is 0 Å². The highest BCUT2D eigenvalue weighted by molar-refractivity contribution is 5.97. The summed E-state index contributed by atoms with van der Waals surface area (Å²) in [5.41, 5.74) is 0.790. The van der Waals surface area contributed by atoms with Crippen LogP contribution in [0.5, 0.6) is 0 Å². The second-order valence-corrected chi connectivity index (χ2v) is 3.85. The fourth-order valence-corrected chi connectivity index (χ4v) is 0.906. The molecule has 5 heteroatoms. The van der Waals surface area contributed by atoms with Crippen LogP contribution in [0.3, 0.4) is 0 Å². The lowest BCUT2D eigenvalue weighted by atomic mass is 10.1. The van der Waals surface area contributed by atoms with Gasteiger partial charge in [0.15, 0.2) is 0 Å². The number of nitrogens with zero attached hydrogens (tertiary/aromatic N) is 2. The van der Waals surface area contributed by atoms with Gasteiger partial charge in [0, 0.05) is 0 Å². The molecule has 1 aromatic heterocycles. The summed E-state index contributed by atoms with van der Waals surface area (Å²) in [4.78, 5) is 19.6. The van der Waals surface area contributed by atoms with Gasteiger partial charge < -0.3 is 10.6 Å². The van der Waals surface area contributed by atoms with Crippen molar-refractivity contribution in [2.45, 2.75) is 26.3 Å². The molecule has 0 unspecified atom stereocenters. The lowest BCUT2D eigenvalue weighted by molar-refractivity contribution is -0.121. The highest BCUT2D eigenvalue weighted by Gasteiger charge is 2.25. The number of aryl methyl sites for hydroxylation is 1. The molecule has 1 rings (SSSR count). The minimum absolute atomic E-state index is 0.108. The molecule has 82 valence electrons. The van der Waals surface area contributed by atoms with Gasteiger partial charge in [0.25, 0.3) is 0 Å². The van der Waals surface area contributed by atoms with Gasteiger partial charge in [-0.15, -0.1) is 0 Å². The number of nitrogens with one attached hydrogen (secondary N) is 2. The standard InChI is InChI=1S/C10H16N4O/c1-7-8(5-12-6-13-7)14-9(15)10(2,3)11-4/h5-6,11H,1-4H3,(H,14,15). The zero-order valence-corrected chi connectivity index (χ0v) is 9.46. The van der Waals surface area contributed by atoms with Crippen molar-refractivity contribution in [3.05, 3.63) is 18.2 Å². The Morgan fingerprint density at radius 1 is 1.47 bits per heavy atom. The van der Waals surface area contributed by atoms with Crippen LogP contribution in [-0.4, -0.2) is 28.5 Å². The highest BCUT2D eigenvalue weighted by Crippen LogP contribution is 2.11. The average Bonchev–Trinajstić information content (AvgIpc) is 2.21. The topological polar surface area (TPSA) is 66.9 Å². The van der Waals surface area contributed by atoms with Crippen LogP contribution in [0.1, 0.15) is 19.5 Å². The van der Waals surface area contributed by atoms with Crippen LogP contribution in [0.25, 0.3) is 0 Å². The third-order valence-electron chi connectivity index (χ3n) is 2.35. The molecule has 0 atom stereocenters. The van der Waals surface area contributed by atoms with Crippen molar-refractivity contribution >= 4 is 11.6 Å². The Bertz CT molecular complexity index is 362. The molecule has 0 aliphatic heterocycles. The SMILES string of the molecule is CNC(C)(C)C(=O)Nc1cncnc1C. The van der Waals surface area contributed by atoms with Crippen molar-refractivity contribution in [3.8, 4) is 0 Å². The third-order valence-corrected chi connectivity index (χ3v) is 2.35. The molecule has 0 fully saturated rings. The van der Waals surface area contributed by atoms with Crippen molar-refractivity contribution in [2.75, 3.05) is 12.4 Å². The van der Waals surface area contributed by atoms with E-state index in [4.69, 9.17) is 0 Å². The van der Waals surface area contributed by atoms with E-state index in [1.165, 1.54) is 6.33 Å². The number of carbonyl (C=O) groups excluding carboxylic acids is 1. The number of likely N-dealkylation sites (N-methyl/N-ethyl adjacent to an activating group) is 1. The molecule has 2 N–H and O–H groups in total. The summed E-state index contributed by atoms with van der Waals surface area (Å²) < 4.78 is 0. The fraction of sp³-hybridized carbons (Fsp3) is 0.500. The van der Waals surface area contributed by atoms with E-state index in [1.54, 1.807) is 13.2 Å². The van der Waals surface area contributed by atoms with Crippen LogP contribution in [-0.2, 0) is 4.79 Å². The third kappa shape index (κ3) is 2.73. The molecule has 0 aromatic carbocycles. The van der Waals surface area contributed by atoms with Gasteiger partial charge in [-0.1, -0.05) is 0 Å². The summed E-state index contributed by atoms with van der Waals surface area (Å²) in [5, 5.41) is 5.70. The van der Waals surface area contributed by atoms with Gasteiger partial charge in [0.05, 0.1) is 23.1 Å². The predicted molar refractivity (Wildman–Crippen MR) is 58.5 cm³/mol. The molecule has 15 heavy (non-hydrogen) atoms. The molecule has 0 radical (unpaired) electrons. The van der Waals surface area contributed by atoms with Crippen LogP contribution < -0.4 is 10.6 Å². The Labute approximate surface area is 89.3 Å². The van der Waals surface area contributed by atoms with Crippen LogP contribution in [0.15, 0.2) is 12.5 Å². The molecular formula is C10H16N4O. The maximum atomic E-state index is 11.8. The van der Waals surface area contributed by atoms with Gasteiger partial charge in [-0.25, -0.2) is 9.97 Å². The number of amides is 1. The summed E-state index contributed by atoms with van der Waals surface area (Å²) in [5.74, 6) is -0.108. The number of hydrogen-bond donors (Lipinski definition) is 2. The van der Waals surface area contributed by atoms with Crippen molar-refractivity contribution in [3.63, 3.8) is 0 Å². The van der Waals surface area contributed by atoms with Crippen LogP contribution >= 0.6 is 0 Å². The van der Waals surface area contributed by atoms with Crippen LogP contribution in [0.4, 0.5) is 5.69 Å². The van der Waals surface area contributed by atoms with E-state index in [-0.39, 0.29) is 5.91 Å². The first-order valence-corrected chi connectivity index (χ1v) is 4.74. The van der Waals surface area contributed by atoms with Gasteiger partial charge >= 0.3 is 0 Å². The van der Waals surface area contributed by atoms with Gasteiger partial charge in [-0.05, 0) is 27.8 Å². The summed E-state index contributed by atoms with van der Waals surface area (Å²) in [7, 11) is 1.74. The quantitative estimate of drug-likeness (QED) is 0.768. The van der Waals surface area contributed by atoms with Gasteiger partial charge in [0.1, 0.15) is 6.33 Å². The Kier molecular flexibility index (Phi) is 3.36. The van der Waals surface area contributed by atoms with Crippen LogP contribution in [0, 0.1) is 6.92 Å². The van der Waals surface area contributed by atoms with E-state index >= 15 is 0 Å². The summed E-state index contributed by atoms with van der Waals surface area (Å²) >= 11 is 0. The van der Waals surface area contributed by atoms with Gasteiger partial charge in [0.2, 0.25) is 5.91 Å². The van der Waals surface area contributed by atoms with E-state index in [9.17, 15) is 4.79 Å². The largest absolute Gasteiger partial charge is 0.322 e.